The molecule has 1 aromatic carbocycles. The van der Waals surface area contributed by atoms with E-state index in [0.717, 1.165) is 48.1 Å². The number of aryl methyl sites for hydroxylation is 1. The number of piperidine rings is 1. The summed E-state index contributed by atoms with van der Waals surface area (Å²) in [4.78, 5) is 17.2. The molecular weight excluding hydrogens is 262 g/mol. The number of benzene rings is 1. The Hall–Kier alpha value is -1.94. The largest absolute Gasteiger partial charge is 0.323 e. The highest BCUT2D eigenvalue weighted by Crippen LogP contribution is 2.25. The summed E-state index contributed by atoms with van der Waals surface area (Å²) in [6.07, 6.45) is 3.09. The highest BCUT2D eigenvalue weighted by molar-refractivity contribution is 6.04. The smallest absolute Gasteiger partial charge is 0.244 e. The number of anilines is 1. The summed E-state index contributed by atoms with van der Waals surface area (Å²) in [6.45, 7) is 4.84. The SMILES string of the molecule is Cc1ccc2cccc(NC(=O)C3(C)CCCCN3)c2n1. The summed E-state index contributed by atoms with van der Waals surface area (Å²) < 4.78 is 0. The Labute approximate surface area is 125 Å². The summed E-state index contributed by atoms with van der Waals surface area (Å²) in [7, 11) is 0. The second kappa shape index (κ2) is 5.45. The molecule has 1 saturated heterocycles. The molecule has 1 atom stereocenters. The van der Waals surface area contributed by atoms with Crippen molar-refractivity contribution in [1.29, 1.82) is 0 Å². The maximum atomic E-state index is 12.6. The molecule has 1 aromatic heterocycles. The van der Waals surface area contributed by atoms with Crippen molar-refractivity contribution in [3.05, 3.63) is 36.0 Å². The van der Waals surface area contributed by atoms with E-state index in [1.165, 1.54) is 0 Å². The second-order valence-corrected chi connectivity index (χ2v) is 6.00. The third-order valence-electron chi connectivity index (χ3n) is 4.23. The van der Waals surface area contributed by atoms with E-state index in [-0.39, 0.29) is 5.91 Å². The van der Waals surface area contributed by atoms with Gasteiger partial charge in [-0.05, 0) is 51.8 Å². The lowest BCUT2D eigenvalue weighted by Gasteiger charge is -2.33. The molecular formula is C17H21N3O. The predicted molar refractivity (Wildman–Crippen MR) is 85.4 cm³/mol. The Balaban J connectivity index is 1.91. The number of nitrogens with one attached hydrogen (secondary N) is 2. The fourth-order valence-corrected chi connectivity index (χ4v) is 2.86. The van der Waals surface area contributed by atoms with Crippen LogP contribution in [0, 0.1) is 6.92 Å². The average Bonchev–Trinajstić information content (AvgIpc) is 2.48. The van der Waals surface area contributed by atoms with Gasteiger partial charge in [-0.15, -0.1) is 0 Å². The van der Waals surface area contributed by atoms with Crippen LogP contribution in [0.15, 0.2) is 30.3 Å². The number of hydrogen-bond acceptors (Lipinski definition) is 3. The standard InChI is InChI=1S/C17H21N3O/c1-12-8-9-13-6-5-7-14(15(13)19-12)20-16(21)17(2)10-3-4-11-18-17/h5-9,18H,3-4,10-11H2,1-2H3,(H,20,21). The van der Waals surface area contributed by atoms with Gasteiger partial charge in [-0.25, -0.2) is 0 Å². The monoisotopic (exact) mass is 283 g/mol. The van der Waals surface area contributed by atoms with Gasteiger partial charge >= 0.3 is 0 Å². The zero-order valence-corrected chi connectivity index (χ0v) is 12.6. The number of carbonyl (C=O) groups excluding carboxylic acids is 1. The van der Waals surface area contributed by atoms with Crippen LogP contribution in [0.4, 0.5) is 5.69 Å². The molecule has 1 unspecified atom stereocenters. The fourth-order valence-electron chi connectivity index (χ4n) is 2.86. The lowest BCUT2D eigenvalue weighted by Crippen LogP contribution is -2.54. The third-order valence-corrected chi connectivity index (χ3v) is 4.23. The number of para-hydroxylation sites is 1. The molecule has 21 heavy (non-hydrogen) atoms. The maximum Gasteiger partial charge on any atom is 0.244 e. The van der Waals surface area contributed by atoms with Crippen molar-refractivity contribution in [1.82, 2.24) is 10.3 Å². The van der Waals surface area contributed by atoms with Gasteiger partial charge in [0.15, 0.2) is 0 Å². The Morgan fingerprint density at radius 1 is 1.29 bits per heavy atom. The van der Waals surface area contributed by atoms with Crippen LogP contribution in [0.25, 0.3) is 10.9 Å². The van der Waals surface area contributed by atoms with E-state index in [1.807, 2.05) is 44.2 Å². The van der Waals surface area contributed by atoms with Crippen LogP contribution in [-0.4, -0.2) is 23.0 Å². The molecule has 1 aliphatic rings. The van der Waals surface area contributed by atoms with Crippen molar-refractivity contribution < 1.29 is 4.79 Å². The first-order chi connectivity index (χ1) is 10.1. The minimum Gasteiger partial charge on any atom is -0.323 e. The first-order valence-corrected chi connectivity index (χ1v) is 7.51. The molecule has 0 radical (unpaired) electrons. The van der Waals surface area contributed by atoms with Crippen LogP contribution >= 0.6 is 0 Å². The summed E-state index contributed by atoms with van der Waals surface area (Å²) in [5.41, 5.74) is 2.11. The van der Waals surface area contributed by atoms with Gasteiger partial charge in [0.1, 0.15) is 0 Å². The van der Waals surface area contributed by atoms with Crippen molar-refractivity contribution >= 4 is 22.5 Å². The first kappa shape index (κ1) is 14.0. The summed E-state index contributed by atoms with van der Waals surface area (Å²) >= 11 is 0. The van der Waals surface area contributed by atoms with Gasteiger partial charge in [-0.2, -0.15) is 0 Å². The van der Waals surface area contributed by atoms with Gasteiger partial charge in [0, 0.05) is 11.1 Å². The van der Waals surface area contributed by atoms with E-state index in [0.29, 0.717) is 0 Å². The Morgan fingerprint density at radius 3 is 2.90 bits per heavy atom. The topological polar surface area (TPSA) is 54.0 Å². The number of carbonyl (C=O) groups is 1. The number of fused-ring (bicyclic) bond motifs is 1. The number of hydrogen-bond donors (Lipinski definition) is 2. The number of aromatic nitrogens is 1. The summed E-state index contributed by atoms with van der Waals surface area (Å²) in [5, 5.41) is 7.44. The molecule has 4 heteroatoms. The lowest BCUT2D eigenvalue weighted by atomic mass is 9.90. The van der Waals surface area contributed by atoms with Crippen LogP contribution in [0.2, 0.25) is 0 Å². The van der Waals surface area contributed by atoms with Crippen LogP contribution in [0.1, 0.15) is 31.9 Å². The maximum absolute atomic E-state index is 12.6. The van der Waals surface area contributed by atoms with E-state index >= 15 is 0 Å². The first-order valence-electron chi connectivity index (χ1n) is 7.51. The van der Waals surface area contributed by atoms with Crippen molar-refractivity contribution in [2.24, 2.45) is 0 Å². The van der Waals surface area contributed by atoms with Crippen molar-refractivity contribution in [2.45, 2.75) is 38.6 Å². The highest BCUT2D eigenvalue weighted by Gasteiger charge is 2.34. The van der Waals surface area contributed by atoms with E-state index in [2.05, 4.69) is 15.6 Å². The zero-order chi connectivity index (χ0) is 14.9. The Bertz CT molecular complexity index is 675. The average molecular weight is 283 g/mol. The predicted octanol–water partition coefficient (Wildman–Crippen LogP) is 3.01. The third kappa shape index (κ3) is 2.76. The molecule has 0 aliphatic carbocycles. The quantitative estimate of drug-likeness (QED) is 0.890. The minimum atomic E-state index is -0.482. The van der Waals surface area contributed by atoms with Crippen molar-refractivity contribution in [3.63, 3.8) is 0 Å². The van der Waals surface area contributed by atoms with Gasteiger partial charge in [-0.1, -0.05) is 18.2 Å². The fraction of sp³-hybridized carbons (Fsp3) is 0.412. The summed E-state index contributed by atoms with van der Waals surface area (Å²) in [6, 6.07) is 9.90. The number of pyridine rings is 1. The molecule has 2 heterocycles. The van der Waals surface area contributed by atoms with Crippen molar-refractivity contribution in [3.8, 4) is 0 Å². The van der Waals surface area contributed by atoms with E-state index < -0.39 is 5.54 Å². The van der Waals surface area contributed by atoms with Gasteiger partial charge in [0.2, 0.25) is 5.91 Å². The van der Waals surface area contributed by atoms with E-state index in [4.69, 9.17) is 0 Å². The molecule has 1 fully saturated rings. The Morgan fingerprint density at radius 2 is 2.14 bits per heavy atom. The zero-order valence-electron chi connectivity index (χ0n) is 12.6. The van der Waals surface area contributed by atoms with Gasteiger partial charge in [0.05, 0.1) is 16.7 Å². The highest BCUT2D eigenvalue weighted by atomic mass is 16.2. The summed E-state index contributed by atoms with van der Waals surface area (Å²) in [5.74, 6) is 0.0259. The van der Waals surface area contributed by atoms with Crippen LogP contribution in [0.5, 0.6) is 0 Å². The molecule has 1 aliphatic heterocycles. The van der Waals surface area contributed by atoms with Gasteiger partial charge in [-0.3, -0.25) is 9.78 Å². The molecule has 2 N–H and O–H groups in total. The van der Waals surface area contributed by atoms with E-state index in [1.54, 1.807) is 0 Å². The molecule has 4 nitrogen and oxygen atoms in total. The molecule has 0 saturated carbocycles. The molecule has 0 bridgehead atoms. The van der Waals surface area contributed by atoms with Gasteiger partial charge < -0.3 is 10.6 Å². The van der Waals surface area contributed by atoms with Crippen LogP contribution in [0.3, 0.4) is 0 Å². The van der Waals surface area contributed by atoms with Crippen LogP contribution in [-0.2, 0) is 4.79 Å². The molecule has 0 spiro atoms. The number of amides is 1. The number of rotatable bonds is 2. The molecule has 1 amide bonds. The lowest BCUT2D eigenvalue weighted by molar-refractivity contribution is -0.122. The molecule has 2 aromatic rings. The van der Waals surface area contributed by atoms with Crippen LogP contribution < -0.4 is 10.6 Å². The number of nitrogens with zero attached hydrogens (tertiary/aromatic N) is 1. The molecule has 3 rings (SSSR count). The normalized spacial score (nSPS) is 22.2. The second-order valence-electron chi connectivity index (χ2n) is 6.00. The minimum absolute atomic E-state index is 0.0259. The van der Waals surface area contributed by atoms with Crippen molar-refractivity contribution in [2.75, 3.05) is 11.9 Å². The van der Waals surface area contributed by atoms with E-state index in [9.17, 15) is 4.79 Å². The Kier molecular flexibility index (Phi) is 3.64. The van der Waals surface area contributed by atoms with Gasteiger partial charge in [0.25, 0.3) is 0 Å². The molecule has 110 valence electrons.